The summed E-state index contributed by atoms with van der Waals surface area (Å²) in [6, 6.07) is 9.30. The molecular formula is C10H8ClNOS. The summed E-state index contributed by atoms with van der Waals surface area (Å²) >= 11 is 9.88. The smallest absolute Gasteiger partial charge is 0.167 e. The first-order chi connectivity index (χ1) is 6.79. The molecule has 4 heteroatoms. The minimum absolute atomic E-state index is 0.580. The van der Waals surface area contributed by atoms with E-state index in [1.54, 1.807) is 0 Å². The molecule has 0 saturated carbocycles. The van der Waals surface area contributed by atoms with Crippen molar-refractivity contribution in [3.8, 4) is 11.3 Å². The van der Waals surface area contributed by atoms with Gasteiger partial charge in [-0.25, -0.2) is 0 Å². The Morgan fingerprint density at radius 3 is 2.57 bits per heavy atom. The third-order valence-corrected chi connectivity index (χ3v) is 2.43. The van der Waals surface area contributed by atoms with Gasteiger partial charge in [0.05, 0.1) is 5.69 Å². The molecule has 1 aromatic carbocycles. The van der Waals surface area contributed by atoms with Crippen molar-refractivity contribution in [3.63, 3.8) is 0 Å². The van der Waals surface area contributed by atoms with Gasteiger partial charge in [0.25, 0.3) is 0 Å². The van der Waals surface area contributed by atoms with Crippen LogP contribution in [0.15, 0.2) is 34.9 Å². The van der Waals surface area contributed by atoms with Crippen molar-refractivity contribution in [1.82, 2.24) is 5.16 Å². The van der Waals surface area contributed by atoms with Gasteiger partial charge in [-0.1, -0.05) is 16.8 Å². The molecule has 0 saturated heterocycles. The van der Waals surface area contributed by atoms with E-state index in [0.29, 0.717) is 10.8 Å². The molecule has 1 aromatic heterocycles. The van der Waals surface area contributed by atoms with Crippen LogP contribution in [0.4, 0.5) is 0 Å². The zero-order chi connectivity index (χ0) is 9.97. The standard InChI is InChI=1S/C10H8ClNOS/c11-8-3-1-7(2-4-8)10-5-9(6-14)12-13-10/h1-5,14H,6H2. The summed E-state index contributed by atoms with van der Waals surface area (Å²) in [6.45, 7) is 0. The third-order valence-electron chi connectivity index (χ3n) is 1.85. The molecule has 0 aliphatic rings. The molecular weight excluding hydrogens is 218 g/mol. The van der Waals surface area contributed by atoms with Crippen LogP contribution in [-0.4, -0.2) is 5.16 Å². The summed E-state index contributed by atoms with van der Waals surface area (Å²) in [6.07, 6.45) is 0. The lowest BCUT2D eigenvalue weighted by Crippen LogP contribution is -1.73. The van der Waals surface area contributed by atoms with E-state index in [0.717, 1.165) is 17.0 Å². The summed E-state index contributed by atoms with van der Waals surface area (Å²) in [5, 5.41) is 4.56. The lowest BCUT2D eigenvalue weighted by molar-refractivity contribution is 0.426. The number of thiol groups is 1. The molecule has 0 aliphatic heterocycles. The second-order valence-corrected chi connectivity index (χ2v) is 3.60. The van der Waals surface area contributed by atoms with E-state index in [9.17, 15) is 0 Å². The summed E-state index contributed by atoms with van der Waals surface area (Å²) in [5.41, 5.74) is 1.80. The zero-order valence-electron chi connectivity index (χ0n) is 7.27. The maximum atomic E-state index is 5.77. The second-order valence-electron chi connectivity index (χ2n) is 2.85. The van der Waals surface area contributed by atoms with Crippen molar-refractivity contribution in [2.75, 3.05) is 0 Å². The van der Waals surface area contributed by atoms with Crippen LogP contribution in [0.3, 0.4) is 0 Å². The molecule has 2 rings (SSSR count). The largest absolute Gasteiger partial charge is 0.356 e. The summed E-state index contributed by atoms with van der Waals surface area (Å²) in [4.78, 5) is 0. The number of rotatable bonds is 2. The number of benzene rings is 1. The van der Waals surface area contributed by atoms with Crippen LogP contribution < -0.4 is 0 Å². The van der Waals surface area contributed by atoms with Gasteiger partial charge in [0.2, 0.25) is 0 Å². The number of hydrogen-bond acceptors (Lipinski definition) is 3. The minimum Gasteiger partial charge on any atom is -0.356 e. The van der Waals surface area contributed by atoms with Crippen LogP contribution in [-0.2, 0) is 5.75 Å². The highest BCUT2D eigenvalue weighted by atomic mass is 35.5. The summed E-state index contributed by atoms with van der Waals surface area (Å²) in [7, 11) is 0. The van der Waals surface area contributed by atoms with Crippen LogP contribution in [0.25, 0.3) is 11.3 Å². The Morgan fingerprint density at radius 2 is 2.00 bits per heavy atom. The minimum atomic E-state index is 0.580. The lowest BCUT2D eigenvalue weighted by Gasteiger charge is -1.93. The van der Waals surface area contributed by atoms with Gasteiger partial charge in [0, 0.05) is 22.4 Å². The molecule has 0 spiro atoms. The van der Waals surface area contributed by atoms with E-state index in [-0.39, 0.29) is 0 Å². The Hall–Kier alpha value is -0.930. The molecule has 0 radical (unpaired) electrons. The average molecular weight is 226 g/mol. The molecule has 0 N–H and O–H groups in total. The maximum Gasteiger partial charge on any atom is 0.167 e. The van der Waals surface area contributed by atoms with Gasteiger partial charge in [-0.15, -0.1) is 0 Å². The van der Waals surface area contributed by atoms with Crippen molar-refractivity contribution in [2.45, 2.75) is 5.75 Å². The molecule has 2 aromatic rings. The molecule has 0 fully saturated rings. The zero-order valence-corrected chi connectivity index (χ0v) is 8.92. The predicted molar refractivity (Wildman–Crippen MR) is 59.6 cm³/mol. The number of halogens is 1. The molecule has 2 nitrogen and oxygen atoms in total. The monoisotopic (exact) mass is 225 g/mol. The first-order valence-electron chi connectivity index (χ1n) is 4.12. The predicted octanol–water partition coefficient (Wildman–Crippen LogP) is 3.42. The van der Waals surface area contributed by atoms with Crippen molar-refractivity contribution in [2.24, 2.45) is 0 Å². The van der Waals surface area contributed by atoms with E-state index < -0.39 is 0 Å². The molecule has 14 heavy (non-hydrogen) atoms. The first-order valence-corrected chi connectivity index (χ1v) is 5.13. The molecule has 72 valence electrons. The average Bonchev–Trinajstić information content (AvgIpc) is 2.67. The van der Waals surface area contributed by atoms with E-state index in [1.807, 2.05) is 30.3 Å². The Bertz CT molecular complexity index is 424. The van der Waals surface area contributed by atoms with E-state index in [4.69, 9.17) is 16.1 Å². The van der Waals surface area contributed by atoms with Gasteiger partial charge in [-0.2, -0.15) is 12.6 Å². The maximum absolute atomic E-state index is 5.77. The Kier molecular flexibility index (Phi) is 2.79. The van der Waals surface area contributed by atoms with Crippen molar-refractivity contribution >= 4 is 24.2 Å². The van der Waals surface area contributed by atoms with E-state index >= 15 is 0 Å². The highest BCUT2D eigenvalue weighted by molar-refractivity contribution is 7.79. The topological polar surface area (TPSA) is 26.0 Å². The fourth-order valence-electron chi connectivity index (χ4n) is 1.14. The molecule has 0 unspecified atom stereocenters. The second kappa shape index (κ2) is 4.07. The van der Waals surface area contributed by atoms with Gasteiger partial charge in [-0.3, -0.25) is 0 Å². The van der Waals surface area contributed by atoms with E-state index in [1.165, 1.54) is 0 Å². The van der Waals surface area contributed by atoms with Gasteiger partial charge >= 0.3 is 0 Å². The van der Waals surface area contributed by atoms with Crippen molar-refractivity contribution in [1.29, 1.82) is 0 Å². The van der Waals surface area contributed by atoms with Crippen molar-refractivity contribution in [3.05, 3.63) is 41.0 Å². The summed E-state index contributed by atoms with van der Waals surface area (Å²) < 4.78 is 5.14. The number of hydrogen-bond donors (Lipinski definition) is 1. The molecule has 0 bridgehead atoms. The van der Waals surface area contributed by atoms with Crippen molar-refractivity contribution < 1.29 is 4.52 Å². The number of nitrogens with zero attached hydrogens (tertiary/aromatic N) is 1. The normalized spacial score (nSPS) is 10.4. The fraction of sp³-hybridized carbons (Fsp3) is 0.100. The van der Waals surface area contributed by atoms with Crippen LogP contribution in [0, 0.1) is 0 Å². The molecule has 0 atom stereocenters. The van der Waals surface area contributed by atoms with Crippen LogP contribution >= 0.6 is 24.2 Å². The van der Waals surface area contributed by atoms with Gasteiger partial charge in [0.1, 0.15) is 0 Å². The Labute approximate surface area is 92.3 Å². The van der Waals surface area contributed by atoms with Gasteiger partial charge in [0.15, 0.2) is 5.76 Å². The highest BCUT2D eigenvalue weighted by Crippen LogP contribution is 2.22. The molecule has 0 amide bonds. The highest BCUT2D eigenvalue weighted by Gasteiger charge is 2.04. The first kappa shape index (κ1) is 9.62. The Balaban J connectivity index is 2.34. The SMILES string of the molecule is SCc1cc(-c2ccc(Cl)cc2)on1. The molecule has 0 aliphatic carbocycles. The van der Waals surface area contributed by atoms with Crippen LogP contribution in [0.2, 0.25) is 5.02 Å². The Morgan fingerprint density at radius 1 is 1.29 bits per heavy atom. The molecule has 1 heterocycles. The van der Waals surface area contributed by atoms with Gasteiger partial charge in [-0.05, 0) is 24.3 Å². The quantitative estimate of drug-likeness (QED) is 0.793. The van der Waals surface area contributed by atoms with E-state index in [2.05, 4.69) is 17.8 Å². The lowest BCUT2D eigenvalue weighted by atomic mass is 10.2. The fourth-order valence-corrected chi connectivity index (χ4v) is 1.41. The third kappa shape index (κ3) is 1.94. The van der Waals surface area contributed by atoms with Gasteiger partial charge < -0.3 is 4.52 Å². The summed E-state index contributed by atoms with van der Waals surface area (Å²) in [5.74, 6) is 1.32. The van der Waals surface area contributed by atoms with Crippen LogP contribution in [0.1, 0.15) is 5.69 Å². The number of aromatic nitrogens is 1. The van der Waals surface area contributed by atoms with Crippen LogP contribution in [0.5, 0.6) is 0 Å².